The summed E-state index contributed by atoms with van der Waals surface area (Å²) in [5.41, 5.74) is 0.539. The molecular formula is C24H29N3O6S. The van der Waals surface area contributed by atoms with Gasteiger partial charge >= 0.3 is 5.97 Å². The second-order valence-electron chi connectivity index (χ2n) is 7.24. The van der Waals surface area contributed by atoms with E-state index in [1.165, 1.54) is 41.4 Å². The molecule has 0 radical (unpaired) electrons. The molecule has 1 amide bonds. The normalized spacial score (nSPS) is 12.0. The number of nitrogens with zero attached hydrogens (tertiary/aromatic N) is 3. The fourth-order valence-electron chi connectivity index (χ4n) is 3.34. The Labute approximate surface area is 200 Å². The van der Waals surface area contributed by atoms with Gasteiger partial charge in [0.05, 0.1) is 25.2 Å². The molecule has 0 saturated carbocycles. The van der Waals surface area contributed by atoms with E-state index >= 15 is 0 Å². The van der Waals surface area contributed by atoms with Crippen molar-refractivity contribution in [3.05, 3.63) is 54.1 Å². The first kappa shape index (κ1) is 26.8. The number of carbonyl (C=O) groups is 2. The number of sulfonamides is 1. The number of anilines is 1. The van der Waals surface area contributed by atoms with E-state index in [-0.39, 0.29) is 42.3 Å². The Bertz CT molecular complexity index is 1140. The zero-order valence-corrected chi connectivity index (χ0v) is 20.5. The molecule has 34 heavy (non-hydrogen) atoms. The van der Waals surface area contributed by atoms with Gasteiger partial charge in [0.1, 0.15) is 10.6 Å². The van der Waals surface area contributed by atoms with Crippen LogP contribution in [-0.2, 0) is 19.6 Å². The minimum atomic E-state index is -3.91. The van der Waals surface area contributed by atoms with Gasteiger partial charge in [0.2, 0.25) is 10.0 Å². The van der Waals surface area contributed by atoms with Crippen LogP contribution in [-0.4, -0.2) is 57.4 Å². The Morgan fingerprint density at radius 1 is 1.09 bits per heavy atom. The first-order chi connectivity index (χ1) is 16.2. The van der Waals surface area contributed by atoms with E-state index in [4.69, 9.17) is 14.7 Å². The number of esters is 1. The lowest BCUT2D eigenvalue weighted by molar-refractivity contribution is -0.126. The maximum atomic E-state index is 13.0. The van der Waals surface area contributed by atoms with Gasteiger partial charge in [-0.1, -0.05) is 32.0 Å². The summed E-state index contributed by atoms with van der Waals surface area (Å²) in [6.45, 7) is 5.49. The number of benzene rings is 2. The minimum Gasteiger partial charge on any atom is -0.495 e. The molecule has 0 aliphatic rings. The number of hydrogen-bond acceptors (Lipinski definition) is 7. The van der Waals surface area contributed by atoms with Gasteiger partial charge in [-0.15, -0.1) is 0 Å². The first-order valence-electron chi connectivity index (χ1n) is 10.8. The fraction of sp³-hybridized carbons (Fsp3) is 0.375. The summed E-state index contributed by atoms with van der Waals surface area (Å²) in [7, 11) is -2.57. The number of carbonyl (C=O) groups excluding carboxylic acids is 2. The lowest BCUT2D eigenvalue weighted by Crippen LogP contribution is -2.40. The van der Waals surface area contributed by atoms with E-state index in [0.717, 1.165) is 0 Å². The average molecular weight is 488 g/mol. The summed E-state index contributed by atoms with van der Waals surface area (Å²) in [6.07, 6.45) is -1.07. The van der Waals surface area contributed by atoms with Crippen LogP contribution >= 0.6 is 0 Å². The molecule has 0 saturated heterocycles. The van der Waals surface area contributed by atoms with Gasteiger partial charge in [0.25, 0.3) is 5.91 Å². The van der Waals surface area contributed by atoms with E-state index < -0.39 is 28.0 Å². The molecule has 182 valence electrons. The highest BCUT2D eigenvalue weighted by atomic mass is 32.2. The standard InChI is InChI=1S/C24H29N3O6S/c1-5-26(6-2)34(30,31)22-17-19(13-14-21(22)32-4)24(29)33-18(3)23(28)27(16-10-15-25)20-11-8-7-9-12-20/h7-9,11-14,17-18H,5-6,10,16H2,1-4H3. The summed E-state index contributed by atoms with van der Waals surface area (Å²) in [4.78, 5) is 27.1. The SMILES string of the molecule is CCN(CC)S(=O)(=O)c1cc(C(=O)OC(C)C(=O)N(CCC#N)c2ccccc2)ccc1OC. The maximum Gasteiger partial charge on any atom is 0.338 e. The molecule has 0 aliphatic heterocycles. The Balaban J connectivity index is 2.30. The van der Waals surface area contributed by atoms with E-state index in [2.05, 4.69) is 0 Å². The van der Waals surface area contributed by atoms with Gasteiger partial charge < -0.3 is 14.4 Å². The fourth-order valence-corrected chi connectivity index (χ4v) is 4.98. The van der Waals surface area contributed by atoms with Crippen molar-refractivity contribution in [2.75, 3.05) is 31.6 Å². The second-order valence-corrected chi connectivity index (χ2v) is 9.14. The Morgan fingerprint density at radius 2 is 1.74 bits per heavy atom. The number of ether oxygens (including phenoxy) is 2. The molecule has 2 aromatic carbocycles. The lowest BCUT2D eigenvalue weighted by Gasteiger charge is -2.25. The van der Waals surface area contributed by atoms with Crippen LogP contribution in [0.4, 0.5) is 5.69 Å². The van der Waals surface area contributed by atoms with Crippen LogP contribution in [0.25, 0.3) is 0 Å². The molecule has 1 atom stereocenters. The van der Waals surface area contributed by atoms with Gasteiger partial charge in [-0.3, -0.25) is 4.79 Å². The van der Waals surface area contributed by atoms with Gasteiger partial charge in [0, 0.05) is 25.3 Å². The summed E-state index contributed by atoms with van der Waals surface area (Å²) in [5.74, 6) is -1.26. The molecule has 0 N–H and O–H groups in total. The highest BCUT2D eigenvalue weighted by Gasteiger charge is 2.29. The van der Waals surface area contributed by atoms with Gasteiger partial charge in [0.15, 0.2) is 6.10 Å². The van der Waals surface area contributed by atoms with E-state index in [9.17, 15) is 18.0 Å². The van der Waals surface area contributed by atoms with Gasteiger partial charge in [-0.05, 0) is 37.3 Å². The summed E-state index contributed by atoms with van der Waals surface area (Å²) in [5, 5.41) is 8.95. The Morgan fingerprint density at radius 3 is 2.29 bits per heavy atom. The van der Waals surface area contributed by atoms with E-state index in [1.54, 1.807) is 44.2 Å². The van der Waals surface area contributed by atoms with Gasteiger partial charge in [-0.2, -0.15) is 9.57 Å². The topological polar surface area (TPSA) is 117 Å². The monoisotopic (exact) mass is 487 g/mol. The van der Waals surface area contributed by atoms with Crippen LogP contribution in [0.1, 0.15) is 37.6 Å². The van der Waals surface area contributed by atoms with Crippen LogP contribution in [0.2, 0.25) is 0 Å². The molecule has 0 aliphatic carbocycles. The third kappa shape index (κ3) is 6.12. The van der Waals surface area contributed by atoms with E-state index in [1.807, 2.05) is 6.07 Å². The van der Waals surface area contributed by atoms with Crippen LogP contribution in [0.3, 0.4) is 0 Å². The van der Waals surface area contributed by atoms with Crippen molar-refractivity contribution in [1.82, 2.24) is 4.31 Å². The van der Waals surface area contributed by atoms with Crippen LogP contribution < -0.4 is 9.64 Å². The Kier molecular flexibility index (Phi) is 9.59. The molecule has 0 fully saturated rings. The molecule has 0 heterocycles. The molecule has 9 nitrogen and oxygen atoms in total. The highest BCUT2D eigenvalue weighted by molar-refractivity contribution is 7.89. The predicted octanol–water partition coefficient (Wildman–Crippen LogP) is 3.22. The largest absolute Gasteiger partial charge is 0.495 e. The quantitative estimate of drug-likeness (QED) is 0.447. The van der Waals surface area contributed by atoms with Crippen molar-refractivity contribution in [2.24, 2.45) is 0 Å². The molecule has 0 aromatic heterocycles. The second kappa shape index (κ2) is 12.2. The Hall–Kier alpha value is -3.42. The summed E-state index contributed by atoms with van der Waals surface area (Å²) >= 11 is 0. The lowest BCUT2D eigenvalue weighted by atomic mass is 10.2. The number of hydrogen-bond donors (Lipinski definition) is 0. The third-order valence-corrected chi connectivity index (χ3v) is 7.21. The first-order valence-corrected chi connectivity index (χ1v) is 12.3. The smallest absolute Gasteiger partial charge is 0.338 e. The molecule has 0 spiro atoms. The molecule has 2 rings (SSSR count). The van der Waals surface area contributed by atoms with Crippen LogP contribution in [0.5, 0.6) is 5.75 Å². The number of nitriles is 1. The van der Waals surface area contributed by atoms with Gasteiger partial charge in [-0.25, -0.2) is 13.2 Å². The zero-order chi connectivity index (χ0) is 25.3. The minimum absolute atomic E-state index is 0.0329. The predicted molar refractivity (Wildman–Crippen MR) is 127 cm³/mol. The zero-order valence-electron chi connectivity index (χ0n) is 19.7. The number of rotatable bonds is 11. The van der Waals surface area contributed by atoms with Crippen LogP contribution in [0, 0.1) is 11.3 Å². The summed E-state index contributed by atoms with van der Waals surface area (Å²) < 4.78 is 37.9. The van der Waals surface area contributed by atoms with Crippen LogP contribution in [0.15, 0.2) is 53.4 Å². The number of amides is 1. The molecule has 10 heteroatoms. The summed E-state index contributed by atoms with van der Waals surface area (Å²) in [6, 6.07) is 14.7. The third-order valence-electron chi connectivity index (χ3n) is 5.14. The number of para-hydroxylation sites is 1. The van der Waals surface area contributed by atoms with Crippen molar-refractivity contribution < 1.29 is 27.5 Å². The van der Waals surface area contributed by atoms with Crippen molar-refractivity contribution in [3.8, 4) is 11.8 Å². The van der Waals surface area contributed by atoms with Crippen molar-refractivity contribution >= 4 is 27.6 Å². The molecule has 2 aromatic rings. The highest BCUT2D eigenvalue weighted by Crippen LogP contribution is 2.28. The molecule has 0 bridgehead atoms. The van der Waals surface area contributed by atoms with Crippen molar-refractivity contribution in [3.63, 3.8) is 0 Å². The number of methoxy groups -OCH3 is 1. The van der Waals surface area contributed by atoms with E-state index in [0.29, 0.717) is 5.69 Å². The van der Waals surface area contributed by atoms with Crippen molar-refractivity contribution in [2.45, 2.75) is 38.2 Å². The molecule has 1 unspecified atom stereocenters. The maximum absolute atomic E-state index is 13.0. The van der Waals surface area contributed by atoms with Crippen molar-refractivity contribution in [1.29, 1.82) is 5.26 Å². The average Bonchev–Trinajstić information content (AvgIpc) is 2.84. The molecular weight excluding hydrogens is 458 g/mol.